The summed E-state index contributed by atoms with van der Waals surface area (Å²) in [5, 5.41) is 20.1. The van der Waals surface area contributed by atoms with Crippen LogP contribution in [0.3, 0.4) is 0 Å². The summed E-state index contributed by atoms with van der Waals surface area (Å²) in [4.78, 5) is 33.7. The Bertz CT molecular complexity index is 537. The fourth-order valence-electron chi connectivity index (χ4n) is 1.46. The fourth-order valence-corrected chi connectivity index (χ4v) is 2.64. The molecule has 0 bridgehead atoms. The van der Waals surface area contributed by atoms with E-state index in [1.165, 1.54) is 11.8 Å². The number of benzene rings is 1. The van der Waals surface area contributed by atoms with Crippen LogP contribution in [0.4, 0.5) is 0 Å². The molecule has 0 fully saturated rings. The molecule has 0 aliphatic carbocycles. The molecule has 0 saturated carbocycles. The van der Waals surface area contributed by atoms with Gasteiger partial charge in [-0.05, 0) is 12.1 Å². The molecular formula is C13H14ClNO5S. The number of carbonyl (C=O) groups excluding carboxylic acids is 1. The summed E-state index contributed by atoms with van der Waals surface area (Å²) in [6.07, 6.45) is -0.585. The highest BCUT2D eigenvalue weighted by molar-refractivity contribution is 7.99. The summed E-state index contributed by atoms with van der Waals surface area (Å²) in [5.74, 6) is -2.75. The van der Waals surface area contributed by atoms with Crippen molar-refractivity contribution < 1.29 is 24.6 Å². The molecule has 6 nitrogen and oxygen atoms in total. The molecule has 1 rings (SSSR count). The minimum atomic E-state index is -1.42. The summed E-state index contributed by atoms with van der Waals surface area (Å²) < 4.78 is 0. The second-order valence-electron chi connectivity index (χ2n) is 4.09. The van der Waals surface area contributed by atoms with Crippen molar-refractivity contribution in [1.29, 1.82) is 0 Å². The first kappa shape index (κ1) is 17.3. The summed E-state index contributed by atoms with van der Waals surface area (Å²) in [7, 11) is 0. The minimum absolute atomic E-state index is 0.0687. The molecule has 21 heavy (non-hydrogen) atoms. The van der Waals surface area contributed by atoms with Crippen LogP contribution in [0.15, 0.2) is 29.2 Å². The summed E-state index contributed by atoms with van der Waals surface area (Å²) in [5.41, 5.74) is 0. The van der Waals surface area contributed by atoms with Gasteiger partial charge in [0.15, 0.2) is 0 Å². The third kappa shape index (κ3) is 6.50. The van der Waals surface area contributed by atoms with Crippen LogP contribution >= 0.6 is 23.4 Å². The predicted molar refractivity (Wildman–Crippen MR) is 78.6 cm³/mol. The third-order valence-electron chi connectivity index (χ3n) is 2.44. The topological polar surface area (TPSA) is 104 Å². The number of aliphatic carboxylic acids is 2. The molecule has 3 N–H and O–H groups in total. The first-order valence-corrected chi connectivity index (χ1v) is 7.37. The number of carboxylic acid groups (broad SMARTS) is 2. The van der Waals surface area contributed by atoms with Gasteiger partial charge in [-0.2, -0.15) is 0 Å². The second kappa shape index (κ2) is 8.53. The van der Waals surface area contributed by atoms with Gasteiger partial charge in [0, 0.05) is 17.1 Å². The Kier molecular flexibility index (Phi) is 7.04. The Labute approximate surface area is 130 Å². The van der Waals surface area contributed by atoms with Gasteiger partial charge in [-0.3, -0.25) is 9.59 Å². The van der Waals surface area contributed by atoms with Crippen LogP contribution in [0.1, 0.15) is 12.8 Å². The van der Waals surface area contributed by atoms with Crippen molar-refractivity contribution in [3.63, 3.8) is 0 Å². The van der Waals surface area contributed by atoms with Crippen LogP contribution in [-0.4, -0.2) is 39.9 Å². The summed E-state index contributed by atoms with van der Waals surface area (Å²) in [6.45, 7) is 0. The zero-order valence-electron chi connectivity index (χ0n) is 10.9. The first-order chi connectivity index (χ1) is 9.90. The molecule has 1 amide bonds. The summed E-state index contributed by atoms with van der Waals surface area (Å²) in [6, 6.07) is 5.75. The SMILES string of the molecule is O=C(O)C[C@@H](NC(=O)CCSc1ccccc1Cl)C(=O)O. The van der Waals surface area contributed by atoms with Crippen molar-refractivity contribution in [3.8, 4) is 0 Å². The van der Waals surface area contributed by atoms with Gasteiger partial charge >= 0.3 is 11.9 Å². The number of amides is 1. The van der Waals surface area contributed by atoms with Gasteiger partial charge in [0.1, 0.15) is 6.04 Å². The molecular weight excluding hydrogens is 318 g/mol. The van der Waals surface area contributed by atoms with Gasteiger partial charge < -0.3 is 15.5 Å². The zero-order chi connectivity index (χ0) is 15.8. The van der Waals surface area contributed by atoms with Gasteiger partial charge in [0.05, 0.1) is 11.4 Å². The van der Waals surface area contributed by atoms with Crippen LogP contribution < -0.4 is 5.32 Å². The molecule has 1 aromatic carbocycles. The standard InChI is InChI=1S/C13H14ClNO5S/c14-8-3-1-2-4-10(8)21-6-5-11(16)15-9(13(19)20)7-12(17)18/h1-4,9H,5-7H2,(H,15,16)(H,17,18)(H,19,20)/t9-/m1/s1. The molecule has 0 aliphatic rings. The van der Waals surface area contributed by atoms with E-state index in [1.807, 2.05) is 12.1 Å². The van der Waals surface area contributed by atoms with Crippen molar-refractivity contribution in [3.05, 3.63) is 29.3 Å². The normalized spacial score (nSPS) is 11.7. The third-order valence-corrected chi connectivity index (χ3v) is 3.95. The molecule has 0 aromatic heterocycles. The molecule has 0 saturated heterocycles. The quantitative estimate of drug-likeness (QED) is 0.628. The molecule has 0 aliphatic heterocycles. The highest BCUT2D eigenvalue weighted by Crippen LogP contribution is 2.26. The minimum Gasteiger partial charge on any atom is -0.481 e. The maximum atomic E-state index is 11.6. The van der Waals surface area contributed by atoms with E-state index in [1.54, 1.807) is 12.1 Å². The smallest absolute Gasteiger partial charge is 0.326 e. The lowest BCUT2D eigenvalue weighted by Crippen LogP contribution is -2.42. The maximum absolute atomic E-state index is 11.6. The van der Waals surface area contributed by atoms with E-state index < -0.39 is 30.3 Å². The molecule has 1 aromatic rings. The summed E-state index contributed by atoms with van der Waals surface area (Å²) >= 11 is 7.33. The van der Waals surface area contributed by atoms with Crippen molar-refractivity contribution in [2.24, 2.45) is 0 Å². The largest absolute Gasteiger partial charge is 0.481 e. The molecule has 8 heteroatoms. The molecule has 1 atom stereocenters. The van der Waals surface area contributed by atoms with E-state index in [0.717, 1.165) is 4.90 Å². The van der Waals surface area contributed by atoms with Gasteiger partial charge in [-0.1, -0.05) is 23.7 Å². The van der Waals surface area contributed by atoms with Crippen molar-refractivity contribution in [1.82, 2.24) is 5.32 Å². The van der Waals surface area contributed by atoms with Gasteiger partial charge in [-0.15, -0.1) is 11.8 Å². The predicted octanol–water partition coefficient (Wildman–Crippen LogP) is 1.87. The highest BCUT2D eigenvalue weighted by Gasteiger charge is 2.22. The number of nitrogens with one attached hydrogen (secondary N) is 1. The van der Waals surface area contributed by atoms with Gasteiger partial charge in [-0.25, -0.2) is 4.79 Å². The average molecular weight is 332 g/mol. The van der Waals surface area contributed by atoms with Crippen molar-refractivity contribution >= 4 is 41.2 Å². The second-order valence-corrected chi connectivity index (χ2v) is 5.63. The van der Waals surface area contributed by atoms with Crippen LogP contribution in [0, 0.1) is 0 Å². The van der Waals surface area contributed by atoms with Gasteiger partial charge in [0.2, 0.25) is 5.91 Å². The Morgan fingerprint density at radius 1 is 1.24 bits per heavy atom. The monoisotopic (exact) mass is 331 g/mol. The highest BCUT2D eigenvalue weighted by atomic mass is 35.5. The Hall–Kier alpha value is -1.73. The zero-order valence-corrected chi connectivity index (χ0v) is 12.5. The molecule has 114 valence electrons. The van der Waals surface area contributed by atoms with Crippen LogP contribution in [-0.2, 0) is 14.4 Å². The van der Waals surface area contributed by atoms with E-state index in [-0.39, 0.29) is 6.42 Å². The van der Waals surface area contributed by atoms with E-state index in [9.17, 15) is 14.4 Å². The molecule has 0 heterocycles. The number of carboxylic acids is 2. The Morgan fingerprint density at radius 2 is 1.90 bits per heavy atom. The van der Waals surface area contributed by atoms with Crippen molar-refractivity contribution in [2.45, 2.75) is 23.8 Å². The Balaban J connectivity index is 2.41. The molecule has 0 spiro atoms. The molecule has 0 radical (unpaired) electrons. The molecule has 0 unspecified atom stereocenters. The Morgan fingerprint density at radius 3 is 2.48 bits per heavy atom. The number of halogens is 1. The number of thioether (sulfide) groups is 1. The van der Waals surface area contributed by atoms with E-state index in [0.29, 0.717) is 10.8 Å². The van der Waals surface area contributed by atoms with Crippen LogP contribution in [0.2, 0.25) is 5.02 Å². The fraction of sp³-hybridized carbons (Fsp3) is 0.308. The van der Waals surface area contributed by atoms with Crippen molar-refractivity contribution in [2.75, 3.05) is 5.75 Å². The lowest BCUT2D eigenvalue weighted by atomic mass is 10.2. The average Bonchev–Trinajstić information content (AvgIpc) is 2.39. The van der Waals surface area contributed by atoms with Crippen LogP contribution in [0.5, 0.6) is 0 Å². The van der Waals surface area contributed by atoms with E-state index in [2.05, 4.69) is 5.32 Å². The number of hydrogen-bond acceptors (Lipinski definition) is 4. The maximum Gasteiger partial charge on any atom is 0.326 e. The number of carbonyl (C=O) groups is 3. The van der Waals surface area contributed by atoms with E-state index in [4.69, 9.17) is 21.8 Å². The lowest BCUT2D eigenvalue weighted by molar-refractivity contribution is -0.147. The lowest BCUT2D eigenvalue weighted by Gasteiger charge is -2.12. The number of rotatable bonds is 8. The van der Waals surface area contributed by atoms with Gasteiger partial charge in [0.25, 0.3) is 0 Å². The van der Waals surface area contributed by atoms with Crippen LogP contribution in [0.25, 0.3) is 0 Å². The first-order valence-electron chi connectivity index (χ1n) is 6.01. The number of hydrogen-bond donors (Lipinski definition) is 3. The van der Waals surface area contributed by atoms with E-state index >= 15 is 0 Å².